The molecule has 0 aliphatic heterocycles. The lowest BCUT2D eigenvalue weighted by Gasteiger charge is -1.92. The van der Waals surface area contributed by atoms with Crippen LogP contribution in [0.2, 0.25) is 0 Å². The van der Waals surface area contributed by atoms with Crippen molar-refractivity contribution in [1.82, 2.24) is 0 Å². The van der Waals surface area contributed by atoms with E-state index in [1.165, 1.54) is 38.5 Å². The molecule has 0 unspecified atom stereocenters. The smallest absolute Gasteiger partial charge is 0.0272 e. The molecule has 76 valence electrons. The van der Waals surface area contributed by atoms with Gasteiger partial charge < -0.3 is 0 Å². The minimum Gasteiger partial charge on any atom is -0.130 e. The molecule has 1 rings (SSSR count). The molecule has 0 radical (unpaired) electrons. The number of rotatable bonds is 0. The molecule has 0 spiro atoms. The average molecular weight is 188 g/mol. The highest BCUT2D eigenvalue weighted by molar-refractivity contribution is 5.02. The summed E-state index contributed by atoms with van der Waals surface area (Å²) >= 11 is 0. The summed E-state index contributed by atoms with van der Waals surface area (Å²) in [4.78, 5) is 0. The van der Waals surface area contributed by atoms with Gasteiger partial charge in [-0.1, -0.05) is 24.3 Å². The molecule has 0 amide bonds. The Morgan fingerprint density at radius 1 is 0.643 bits per heavy atom. The van der Waals surface area contributed by atoms with E-state index in [-0.39, 0.29) is 0 Å². The monoisotopic (exact) mass is 188 g/mol. The van der Waals surface area contributed by atoms with Crippen LogP contribution in [0.5, 0.6) is 0 Å². The van der Waals surface area contributed by atoms with Gasteiger partial charge in [-0.15, -0.1) is 5.73 Å². The van der Waals surface area contributed by atoms with Gasteiger partial charge in [0.2, 0.25) is 0 Å². The van der Waals surface area contributed by atoms with Crippen LogP contribution in [0.4, 0.5) is 0 Å². The maximum Gasteiger partial charge on any atom is -0.0272 e. The molecule has 14 heavy (non-hydrogen) atoms. The van der Waals surface area contributed by atoms with Gasteiger partial charge in [0.1, 0.15) is 0 Å². The van der Waals surface area contributed by atoms with Crippen LogP contribution in [0, 0.1) is 0 Å². The first-order chi connectivity index (χ1) is 7.00. The summed E-state index contributed by atoms with van der Waals surface area (Å²) in [7, 11) is 0. The second kappa shape index (κ2) is 8.59. The first-order valence-electron chi connectivity index (χ1n) is 5.71. The van der Waals surface area contributed by atoms with Crippen molar-refractivity contribution < 1.29 is 0 Å². The van der Waals surface area contributed by atoms with Gasteiger partial charge >= 0.3 is 0 Å². The van der Waals surface area contributed by atoms with Gasteiger partial charge in [-0.05, 0) is 57.1 Å². The summed E-state index contributed by atoms with van der Waals surface area (Å²) in [5.41, 5.74) is 3.25. The molecule has 1 aliphatic carbocycles. The van der Waals surface area contributed by atoms with Crippen LogP contribution < -0.4 is 0 Å². The van der Waals surface area contributed by atoms with Crippen molar-refractivity contribution in [3.63, 3.8) is 0 Å². The molecule has 0 aromatic carbocycles. The molecule has 0 bridgehead atoms. The average Bonchev–Trinajstić information content (AvgIpc) is 2.22. The highest BCUT2D eigenvalue weighted by atomic mass is 13.9. The van der Waals surface area contributed by atoms with E-state index in [4.69, 9.17) is 0 Å². The number of hydrogen-bond acceptors (Lipinski definition) is 0. The van der Waals surface area contributed by atoms with Gasteiger partial charge in [-0.2, -0.15) is 0 Å². The van der Waals surface area contributed by atoms with Crippen LogP contribution in [0.1, 0.15) is 44.9 Å². The zero-order chi connectivity index (χ0) is 9.90. The lowest BCUT2D eigenvalue weighted by atomic mass is 10.1. The van der Waals surface area contributed by atoms with Crippen molar-refractivity contribution in [2.24, 2.45) is 0 Å². The van der Waals surface area contributed by atoms with Crippen LogP contribution in [0.15, 0.2) is 42.2 Å². The molecule has 0 aromatic rings. The normalized spacial score (nSPS) is 24.0. The Morgan fingerprint density at radius 2 is 1.21 bits per heavy atom. The topological polar surface area (TPSA) is 0 Å². The largest absolute Gasteiger partial charge is 0.130 e. The maximum atomic E-state index is 3.25. The second-order valence-electron chi connectivity index (χ2n) is 3.65. The molecular weight excluding hydrogens is 168 g/mol. The van der Waals surface area contributed by atoms with Crippen molar-refractivity contribution in [2.45, 2.75) is 44.9 Å². The third kappa shape index (κ3) is 6.51. The Labute approximate surface area is 87.7 Å². The molecular formula is C14H20. The van der Waals surface area contributed by atoms with Crippen LogP contribution >= 0.6 is 0 Å². The van der Waals surface area contributed by atoms with Crippen molar-refractivity contribution in [1.29, 1.82) is 0 Å². The summed E-state index contributed by atoms with van der Waals surface area (Å²) < 4.78 is 0. The summed E-state index contributed by atoms with van der Waals surface area (Å²) in [5.74, 6) is 0. The minimum atomic E-state index is 1.16. The third-order valence-electron chi connectivity index (χ3n) is 2.31. The minimum absolute atomic E-state index is 1.16. The van der Waals surface area contributed by atoms with Crippen molar-refractivity contribution in [3.8, 4) is 0 Å². The van der Waals surface area contributed by atoms with Gasteiger partial charge in [-0.3, -0.25) is 0 Å². The first kappa shape index (κ1) is 11.1. The zero-order valence-corrected chi connectivity index (χ0v) is 8.91. The molecule has 0 saturated carbocycles. The van der Waals surface area contributed by atoms with Gasteiger partial charge in [0.15, 0.2) is 0 Å². The molecule has 0 nitrogen and oxygen atoms in total. The Balaban J connectivity index is 2.34. The number of hydrogen-bond donors (Lipinski definition) is 0. The van der Waals surface area contributed by atoms with E-state index in [2.05, 4.69) is 42.2 Å². The molecule has 0 saturated heterocycles. The highest BCUT2D eigenvalue weighted by Crippen LogP contribution is 2.03. The van der Waals surface area contributed by atoms with E-state index < -0.39 is 0 Å². The molecule has 0 atom stereocenters. The zero-order valence-electron chi connectivity index (χ0n) is 8.91. The number of allylic oxidation sites excluding steroid dienone is 5. The van der Waals surface area contributed by atoms with E-state index in [1.807, 2.05) is 0 Å². The summed E-state index contributed by atoms with van der Waals surface area (Å²) in [6.07, 6.45) is 21.8. The standard InChI is InChI=1S/C14H20/c1-2-4-6-8-10-12-14-13-11-9-7-5-3-1/h1-4,11,14H,5-10,12H2/b3-1+,4-2-. The van der Waals surface area contributed by atoms with E-state index in [0.717, 1.165) is 6.42 Å². The molecule has 0 fully saturated rings. The quantitative estimate of drug-likeness (QED) is 0.489. The highest BCUT2D eigenvalue weighted by Gasteiger charge is 1.83. The van der Waals surface area contributed by atoms with Crippen molar-refractivity contribution >= 4 is 0 Å². The van der Waals surface area contributed by atoms with E-state index in [1.54, 1.807) is 0 Å². The first-order valence-corrected chi connectivity index (χ1v) is 5.71. The van der Waals surface area contributed by atoms with Crippen LogP contribution in [-0.4, -0.2) is 0 Å². The van der Waals surface area contributed by atoms with Gasteiger partial charge in [0.05, 0.1) is 0 Å². The Hall–Kier alpha value is -1.00. The van der Waals surface area contributed by atoms with Crippen LogP contribution in [-0.2, 0) is 0 Å². The summed E-state index contributed by atoms with van der Waals surface area (Å²) in [5, 5.41) is 0. The third-order valence-corrected chi connectivity index (χ3v) is 2.31. The Kier molecular flexibility index (Phi) is 6.80. The molecule has 0 heterocycles. The van der Waals surface area contributed by atoms with Crippen LogP contribution in [0.3, 0.4) is 0 Å². The van der Waals surface area contributed by atoms with E-state index in [9.17, 15) is 0 Å². The fourth-order valence-corrected chi connectivity index (χ4v) is 1.45. The Morgan fingerprint density at radius 3 is 2.00 bits per heavy atom. The molecule has 0 aromatic heterocycles. The van der Waals surface area contributed by atoms with E-state index in [0.29, 0.717) is 0 Å². The van der Waals surface area contributed by atoms with Crippen molar-refractivity contribution in [3.05, 3.63) is 42.2 Å². The fraction of sp³-hybridized carbons (Fsp3) is 0.500. The van der Waals surface area contributed by atoms with Gasteiger partial charge in [0.25, 0.3) is 0 Å². The fourth-order valence-electron chi connectivity index (χ4n) is 1.45. The Bertz CT molecular complexity index is 237. The second-order valence-corrected chi connectivity index (χ2v) is 3.65. The van der Waals surface area contributed by atoms with Gasteiger partial charge in [0, 0.05) is 0 Å². The lowest BCUT2D eigenvalue weighted by molar-refractivity contribution is 0.762. The van der Waals surface area contributed by atoms with Crippen molar-refractivity contribution in [2.75, 3.05) is 0 Å². The van der Waals surface area contributed by atoms with Crippen LogP contribution in [0.25, 0.3) is 0 Å². The lowest BCUT2D eigenvalue weighted by Crippen LogP contribution is -1.72. The SMILES string of the molecule is C1=CCCC/C=C/C=C\CCCCC=1. The van der Waals surface area contributed by atoms with E-state index >= 15 is 0 Å². The molecule has 0 N–H and O–H groups in total. The molecule has 1 aliphatic rings. The predicted octanol–water partition coefficient (Wildman–Crippen LogP) is 4.55. The summed E-state index contributed by atoms with van der Waals surface area (Å²) in [6, 6.07) is 0. The maximum absolute atomic E-state index is 3.25. The summed E-state index contributed by atoms with van der Waals surface area (Å²) in [6.45, 7) is 0. The van der Waals surface area contributed by atoms with Gasteiger partial charge in [-0.25, -0.2) is 0 Å². The molecule has 0 heteroatoms. The predicted molar refractivity (Wildman–Crippen MR) is 63.3 cm³/mol.